The molecule has 3 N–H and O–H groups in total. The molecule has 2 aromatic rings. The number of carbonyl (C=O) groups is 1. The van der Waals surface area contributed by atoms with Gasteiger partial charge >= 0.3 is 0 Å². The van der Waals surface area contributed by atoms with Gasteiger partial charge in [0.05, 0.1) is 16.6 Å². The van der Waals surface area contributed by atoms with Gasteiger partial charge in [0.2, 0.25) is 0 Å². The Morgan fingerprint density at radius 3 is 2.82 bits per heavy atom. The van der Waals surface area contributed by atoms with Gasteiger partial charge in [-0.15, -0.1) is 11.3 Å². The van der Waals surface area contributed by atoms with E-state index >= 15 is 0 Å². The van der Waals surface area contributed by atoms with Gasteiger partial charge in [0.25, 0.3) is 11.5 Å². The smallest absolute Gasteiger partial charge is 0.280 e. The molecule has 2 heterocycles. The van der Waals surface area contributed by atoms with E-state index in [4.69, 9.17) is 12.2 Å². The number of hydrogen-bond donors (Lipinski definition) is 3. The molecule has 0 saturated carbocycles. The van der Waals surface area contributed by atoms with Gasteiger partial charge in [-0.3, -0.25) is 25.0 Å². The van der Waals surface area contributed by atoms with Crippen molar-refractivity contribution in [1.29, 1.82) is 0 Å². The number of rotatable bonds is 3. The maximum absolute atomic E-state index is 12.4. The van der Waals surface area contributed by atoms with E-state index in [1.54, 1.807) is 18.5 Å². The van der Waals surface area contributed by atoms with E-state index in [1.807, 2.05) is 6.92 Å². The largest absolute Gasteiger partial charge is 0.364 e. The average Bonchev–Trinajstić information content (AvgIpc) is 2.85. The number of nitrogens with zero attached hydrogens (tertiary/aromatic N) is 2. The molecular weight excluding hydrogens is 322 g/mol. The van der Waals surface area contributed by atoms with Gasteiger partial charge in [-0.1, -0.05) is 6.92 Å². The van der Waals surface area contributed by atoms with Crippen LogP contribution in [0, 0.1) is 6.92 Å². The van der Waals surface area contributed by atoms with Crippen LogP contribution in [0.2, 0.25) is 0 Å². The first-order chi connectivity index (χ1) is 10.5. The second kappa shape index (κ2) is 6.84. The van der Waals surface area contributed by atoms with Gasteiger partial charge in [0.15, 0.2) is 5.11 Å². The molecule has 0 spiro atoms. The number of fused-ring (bicyclic) bond motifs is 1. The Morgan fingerprint density at radius 2 is 2.18 bits per heavy atom. The monoisotopic (exact) mass is 339 g/mol. The molecule has 0 aliphatic heterocycles. The lowest BCUT2D eigenvalue weighted by molar-refractivity contribution is 0.0947. The number of thiophene rings is 1. The van der Waals surface area contributed by atoms with Crippen molar-refractivity contribution in [3.05, 3.63) is 27.1 Å². The zero-order valence-corrected chi connectivity index (χ0v) is 14.2. The van der Waals surface area contributed by atoms with Crippen molar-refractivity contribution in [2.75, 3.05) is 7.05 Å². The lowest BCUT2D eigenvalue weighted by Gasteiger charge is -2.07. The highest BCUT2D eigenvalue weighted by atomic mass is 32.1. The second-order valence-corrected chi connectivity index (χ2v) is 6.05. The Morgan fingerprint density at radius 1 is 1.45 bits per heavy atom. The predicted octanol–water partition coefficient (Wildman–Crippen LogP) is 0.915. The highest BCUT2D eigenvalue weighted by molar-refractivity contribution is 7.80. The first kappa shape index (κ1) is 16.4. The van der Waals surface area contributed by atoms with Gasteiger partial charge in [-0.25, -0.2) is 4.98 Å². The maximum atomic E-state index is 12.4. The molecule has 2 rings (SSSR count). The summed E-state index contributed by atoms with van der Waals surface area (Å²) in [5.74, 6) is -0.348. The zero-order chi connectivity index (χ0) is 16.3. The molecule has 22 heavy (non-hydrogen) atoms. The molecular formula is C13H17N5O2S2. The number of aryl methyl sites for hydroxylation is 2. The summed E-state index contributed by atoms with van der Waals surface area (Å²) in [4.78, 5) is 29.9. The SMILES string of the molecule is CCCn1cnc2sc(C(=O)NNC(=S)NC)c(C)c2c1=O. The van der Waals surface area contributed by atoms with E-state index in [9.17, 15) is 9.59 Å². The van der Waals surface area contributed by atoms with Gasteiger partial charge < -0.3 is 5.32 Å². The maximum Gasteiger partial charge on any atom is 0.280 e. The zero-order valence-electron chi connectivity index (χ0n) is 12.5. The number of nitrogens with one attached hydrogen (secondary N) is 3. The molecule has 0 aliphatic carbocycles. The van der Waals surface area contributed by atoms with Gasteiger partial charge in [0, 0.05) is 13.6 Å². The molecule has 0 saturated heterocycles. The summed E-state index contributed by atoms with van der Waals surface area (Å²) in [6.45, 7) is 4.35. The number of thiocarbonyl (C=S) groups is 1. The molecule has 0 radical (unpaired) electrons. The fourth-order valence-corrected chi connectivity index (χ4v) is 3.09. The summed E-state index contributed by atoms with van der Waals surface area (Å²) in [5.41, 5.74) is 5.59. The number of aromatic nitrogens is 2. The summed E-state index contributed by atoms with van der Waals surface area (Å²) < 4.78 is 1.57. The minimum absolute atomic E-state index is 0.113. The minimum atomic E-state index is -0.348. The van der Waals surface area contributed by atoms with Gasteiger partial charge in [-0.2, -0.15) is 0 Å². The van der Waals surface area contributed by atoms with Crippen molar-refractivity contribution < 1.29 is 4.79 Å². The molecule has 1 amide bonds. The van der Waals surface area contributed by atoms with Crippen molar-refractivity contribution in [2.24, 2.45) is 0 Å². The molecule has 2 aromatic heterocycles. The van der Waals surface area contributed by atoms with Crippen molar-refractivity contribution in [1.82, 2.24) is 25.7 Å². The van der Waals surface area contributed by atoms with Crippen LogP contribution in [-0.2, 0) is 6.54 Å². The number of carbonyl (C=O) groups excluding carboxylic acids is 1. The fourth-order valence-electron chi connectivity index (χ4n) is 2.01. The van der Waals surface area contributed by atoms with Crippen LogP contribution in [0.5, 0.6) is 0 Å². The van der Waals surface area contributed by atoms with E-state index in [2.05, 4.69) is 21.2 Å². The number of hydrazine groups is 1. The predicted molar refractivity (Wildman–Crippen MR) is 91.2 cm³/mol. The van der Waals surface area contributed by atoms with Crippen molar-refractivity contribution in [2.45, 2.75) is 26.8 Å². The van der Waals surface area contributed by atoms with Crippen LogP contribution in [0.25, 0.3) is 10.2 Å². The third-order valence-corrected chi connectivity index (χ3v) is 4.61. The van der Waals surface area contributed by atoms with Crippen LogP contribution >= 0.6 is 23.6 Å². The Kier molecular flexibility index (Phi) is 5.09. The fraction of sp³-hybridized carbons (Fsp3) is 0.385. The first-order valence-electron chi connectivity index (χ1n) is 6.76. The lowest BCUT2D eigenvalue weighted by atomic mass is 10.2. The van der Waals surface area contributed by atoms with E-state index in [0.29, 0.717) is 32.3 Å². The third kappa shape index (κ3) is 3.09. The van der Waals surface area contributed by atoms with E-state index < -0.39 is 0 Å². The molecule has 0 aliphatic rings. The van der Waals surface area contributed by atoms with Crippen LogP contribution in [0.3, 0.4) is 0 Å². The Balaban J connectivity index is 2.38. The van der Waals surface area contributed by atoms with Crippen molar-refractivity contribution >= 4 is 44.8 Å². The van der Waals surface area contributed by atoms with Crippen molar-refractivity contribution in [3.63, 3.8) is 0 Å². The average molecular weight is 339 g/mol. The highest BCUT2D eigenvalue weighted by Crippen LogP contribution is 2.26. The molecule has 0 fully saturated rings. The third-order valence-electron chi connectivity index (χ3n) is 3.10. The van der Waals surface area contributed by atoms with Gasteiger partial charge in [-0.05, 0) is 31.1 Å². The molecule has 118 valence electrons. The van der Waals surface area contributed by atoms with Crippen LogP contribution in [0.1, 0.15) is 28.6 Å². The van der Waals surface area contributed by atoms with Gasteiger partial charge in [0.1, 0.15) is 4.83 Å². The highest BCUT2D eigenvalue weighted by Gasteiger charge is 2.19. The van der Waals surface area contributed by atoms with Crippen LogP contribution in [-0.4, -0.2) is 27.6 Å². The summed E-state index contributed by atoms with van der Waals surface area (Å²) in [7, 11) is 1.65. The lowest BCUT2D eigenvalue weighted by Crippen LogP contribution is -2.45. The van der Waals surface area contributed by atoms with E-state index in [-0.39, 0.29) is 11.5 Å². The second-order valence-electron chi connectivity index (χ2n) is 4.64. The standard InChI is InChI=1S/C13H17N5O2S2/c1-4-5-18-6-15-11-8(12(18)20)7(2)9(22-11)10(19)16-17-13(21)14-3/h6H,4-5H2,1-3H3,(H,16,19)(H2,14,17,21). The first-order valence-corrected chi connectivity index (χ1v) is 7.98. The quantitative estimate of drug-likeness (QED) is 0.569. The van der Waals surface area contributed by atoms with Crippen LogP contribution in [0.4, 0.5) is 0 Å². The number of amides is 1. The topological polar surface area (TPSA) is 88.1 Å². The Bertz CT molecular complexity index is 781. The summed E-state index contributed by atoms with van der Waals surface area (Å²) in [6, 6.07) is 0. The molecule has 0 atom stereocenters. The van der Waals surface area contributed by atoms with Crippen LogP contribution in [0.15, 0.2) is 11.1 Å². The summed E-state index contributed by atoms with van der Waals surface area (Å²) >= 11 is 6.08. The summed E-state index contributed by atoms with van der Waals surface area (Å²) in [6.07, 6.45) is 2.37. The van der Waals surface area contributed by atoms with E-state index in [1.165, 1.54) is 17.7 Å². The molecule has 0 aromatic carbocycles. The molecule has 0 bridgehead atoms. The molecule has 7 nitrogen and oxygen atoms in total. The van der Waals surface area contributed by atoms with Crippen molar-refractivity contribution in [3.8, 4) is 0 Å². The summed E-state index contributed by atoms with van der Waals surface area (Å²) in [5, 5.41) is 3.49. The number of hydrogen-bond acceptors (Lipinski definition) is 5. The Labute approximate surface area is 136 Å². The Hall–Kier alpha value is -2.00. The normalized spacial score (nSPS) is 10.5. The minimum Gasteiger partial charge on any atom is -0.364 e. The van der Waals surface area contributed by atoms with E-state index in [0.717, 1.165) is 6.42 Å². The van der Waals surface area contributed by atoms with Crippen LogP contribution < -0.4 is 21.7 Å². The molecule has 9 heteroatoms. The molecule has 0 unspecified atom stereocenters.